The van der Waals surface area contributed by atoms with Crippen molar-refractivity contribution in [2.75, 3.05) is 19.7 Å². The van der Waals surface area contributed by atoms with Gasteiger partial charge in [0, 0.05) is 36.5 Å². The lowest BCUT2D eigenvalue weighted by atomic mass is 9.94. The quantitative estimate of drug-likeness (QED) is 0.792. The molecule has 3 N–H and O–H groups in total. The highest BCUT2D eigenvalue weighted by Gasteiger charge is 2.31. The third-order valence-electron chi connectivity index (χ3n) is 5.08. The number of aryl methyl sites for hydroxylation is 3. The van der Waals surface area contributed by atoms with Gasteiger partial charge in [-0.15, -0.1) is 0 Å². The second-order valence-electron chi connectivity index (χ2n) is 6.62. The first-order valence-electron chi connectivity index (χ1n) is 8.10. The number of aliphatic hydroxyl groups is 2. The van der Waals surface area contributed by atoms with Crippen LogP contribution in [0.25, 0.3) is 10.9 Å². The summed E-state index contributed by atoms with van der Waals surface area (Å²) in [5.74, 6) is -0.208. The number of carbonyl (C=O) groups is 1. The molecule has 23 heavy (non-hydrogen) atoms. The van der Waals surface area contributed by atoms with Crippen molar-refractivity contribution in [1.82, 2.24) is 9.88 Å². The van der Waals surface area contributed by atoms with Crippen molar-refractivity contribution in [1.29, 1.82) is 0 Å². The molecule has 2 unspecified atom stereocenters. The number of benzene rings is 1. The number of piperidine rings is 1. The number of likely N-dealkylation sites (tertiary alicyclic amines) is 1. The third-order valence-corrected chi connectivity index (χ3v) is 5.08. The Bertz CT molecular complexity index is 750. The van der Waals surface area contributed by atoms with Crippen LogP contribution in [0.1, 0.15) is 33.6 Å². The minimum absolute atomic E-state index is 0.0347. The van der Waals surface area contributed by atoms with E-state index in [9.17, 15) is 15.0 Å². The Hall–Kier alpha value is -1.85. The van der Waals surface area contributed by atoms with Gasteiger partial charge in [0.1, 0.15) is 5.69 Å². The molecule has 2 atom stereocenters. The standard InChI is InChI=1S/C18H24N2O3/c1-10-4-5-11(2)16-15(10)12(3)17(19-16)18(23)20-7-6-13(9-21)14(22)8-20/h4-5,13-14,19,21-22H,6-9H2,1-3H3. The molecule has 1 aromatic carbocycles. The van der Waals surface area contributed by atoms with Crippen LogP contribution in [-0.2, 0) is 0 Å². The molecule has 124 valence electrons. The van der Waals surface area contributed by atoms with E-state index in [0.29, 0.717) is 18.7 Å². The number of nitrogens with one attached hydrogen (secondary N) is 1. The molecule has 1 fully saturated rings. The summed E-state index contributed by atoms with van der Waals surface area (Å²) in [6.45, 7) is 6.85. The number of H-pyrrole nitrogens is 1. The zero-order valence-electron chi connectivity index (χ0n) is 13.9. The van der Waals surface area contributed by atoms with Crippen molar-refractivity contribution in [3.8, 4) is 0 Å². The normalized spacial score (nSPS) is 21.9. The molecule has 0 saturated carbocycles. The number of amides is 1. The number of aliphatic hydroxyl groups excluding tert-OH is 2. The highest BCUT2D eigenvalue weighted by Crippen LogP contribution is 2.29. The summed E-state index contributed by atoms with van der Waals surface area (Å²) in [6, 6.07) is 4.13. The van der Waals surface area contributed by atoms with Crippen LogP contribution in [-0.4, -0.2) is 51.8 Å². The van der Waals surface area contributed by atoms with Crippen molar-refractivity contribution in [2.24, 2.45) is 5.92 Å². The maximum atomic E-state index is 12.9. The molecule has 2 heterocycles. The number of aromatic amines is 1. The molecule has 1 aromatic heterocycles. The molecule has 0 radical (unpaired) electrons. The summed E-state index contributed by atoms with van der Waals surface area (Å²) >= 11 is 0. The average molecular weight is 316 g/mol. The number of aromatic nitrogens is 1. The molecule has 0 aliphatic carbocycles. The smallest absolute Gasteiger partial charge is 0.270 e. The van der Waals surface area contributed by atoms with Crippen LogP contribution < -0.4 is 0 Å². The lowest BCUT2D eigenvalue weighted by molar-refractivity contribution is 0.000664. The Labute approximate surface area is 135 Å². The van der Waals surface area contributed by atoms with Crippen molar-refractivity contribution in [3.05, 3.63) is 34.5 Å². The van der Waals surface area contributed by atoms with Gasteiger partial charge in [0.15, 0.2) is 0 Å². The number of β-amino-alcohol motifs (C(OH)–C–C–N with tert-alkyl or cyclic N) is 1. The summed E-state index contributed by atoms with van der Waals surface area (Å²) in [7, 11) is 0. The molecule has 3 rings (SSSR count). The van der Waals surface area contributed by atoms with E-state index >= 15 is 0 Å². The van der Waals surface area contributed by atoms with E-state index in [1.807, 2.05) is 20.8 Å². The number of hydrogen-bond donors (Lipinski definition) is 3. The van der Waals surface area contributed by atoms with E-state index < -0.39 is 6.10 Å². The lowest BCUT2D eigenvalue weighted by Crippen LogP contribution is -2.47. The van der Waals surface area contributed by atoms with Gasteiger partial charge in [-0.1, -0.05) is 12.1 Å². The van der Waals surface area contributed by atoms with E-state index in [1.165, 1.54) is 0 Å². The number of nitrogens with zero attached hydrogens (tertiary/aromatic N) is 1. The Morgan fingerprint density at radius 3 is 2.61 bits per heavy atom. The monoisotopic (exact) mass is 316 g/mol. The van der Waals surface area contributed by atoms with Gasteiger partial charge < -0.3 is 20.1 Å². The molecule has 0 spiro atoms. The van der Waals surface area contributed by atoms with Crippen LogP contribution >= 0.6 is 0 Å². The minimum Gasteiger partial charge on any atom is -0.396 e. The summed E-state index contributed by atoms with van der Waals surface area (Å²) in [5.41, 5.74) is 4.85. The van der Waals surface area contributed by atoms with Gasteiger partial charge in [0.25, 0.3) is 5.91 Å². The van der Waals surface area contributed by atoms with Crippen LogP contribution in [0.5, 0.6) is 0 Å². The maximum absolute atomic E-state index is 12.9. The fourth-order valence-electron chi connectivity index (χ4n) is 3.55. The Kier molecular flexibility index (Phi) is 4.17. The van der Waals surface area contributed by atoms with Crippen LogP contribution in [0.15, 0.2) is 12.1 Å². The maximum Gasteiger partial charge on any atom is 0.270 e. The van der Waals surface area contributed by atoms with Crippen molar-refractivity contribution < 1.29 is 15.0 Å². The van der Waals surface area contributed by atoms with Crippen LogP contribution in [0.3, 0.4) is 0 Å². The number of rotatable bonds is 2. The summed E-state index contributed by atoms with van der Waals surface area (Å²) in [4.78, 5) is 17.8. The largest absolute Gasteiger partial charge is 0.396 e. The molecular formula is C18H24N2O3. The first-order chi connectivity index (χ1) is 10.9. The average Bonchev–Trinajstić information content (AvgIpc) is 2.89. The topological polar surface area (TPSA) is 76.6 Å². The molecule has 0 bridgehead atoms. The molecule has 1 saturated heterocycles. The zero-order valence-corrected chi connectivity index (χ0v) is 13.9. The summed E-state index contributed by atoms with van der Waals surface area (Å²) in [6.07, 6.45) is -0.0355. The minimum atomic E-state index is -0.661. The zero-order chi connectivity index (χ0) is 16.7. The molecule has 5 nitrogen and oxygen atoms in total. The predicted molar refractivity (Wildman–Crippen MR) is 89.6 cm³/mol. The Morgan fingerprint density at radius 1 is 1.30 bits per heavy atom. The molecule has 5 heteroatoms. The fourth-order valence-corrected chi connectivity index (χ4v) is 3.55. The van der Waals surface area contributed by atoms with Crippen LogP contribution in [0, 0.1) is 26.7 Å². The second-order valence-corrected chi connectivity index (χ2v) is 6.62. The van der Waals surface area contributed by atoms with Gasteiger partial charge in [0.05, 0.1) is 6.10 Å². The van der Waals surface area contributed by atoms with E-state index in [1.54, 1.807) is 4.90 Å². The van der Waals surface area contributed by atoms with E-state index in [-0.39, 0.29) is 25.0 Å². The Balaban J connectivity index is 1.95. The Morgan fingerprint density at radius 2 is 2.00 bits per heavy atom. The summed E-state index contributed by atoms with van der Waals surface area (Å²) < 4.78 is 0. The highest BCUT2D eigenvalue weighted by molar-refractivity contribution is 6.02. The second kappa shape index (κ2) is 5.98. The first-order valence-corrected chi connectivity index (χ1v) is 8.10. The highest BCUT2D eigenvalue weighted by atomic mass is 16.3. The first kappa shape index (κ1) is 16.0. The van der Waals surface area contributed by atoms with Crippen LogP contribution in [0.4, 0.5) is 0 Å². The van der Waals surface area contributed by atoms with Gasteiger partial charge in [-0.05, 0) is 43.9 Å². The molecule has 1 amide bonds. The van der Waals surface area contributed by atoms with Gasteiger partial charge in [-0.2, -0.15) is 0 Å². The number of carbonyl (C=O) groups excluding carboxylic acids is 1. The van der Waals surface area contributed by atoms with Gasteiger partial charge in [-0.3, -0.25) is 4.79 Å². The van der Waals surface area contributed by atoms with Gasteiger partial charge >= 0.3 is 0 Å². The number of hydrogen-bond acceptors (Lipinski definition) is 3. The SMILES string of the molecule is Cc1ccc(C)c2c(C)c(C(=O)N3CCC(CO)C(O)C3)[nH]c12. The van der Waals surface area contributed by atoms with E-state index in [0.717, 1.165) is 27.6 Å². The number of fused-ring (bicyclic) bond motifs is 1. The van der Waals surface area contributed by atoms with Crippen molar-refractivity contribution >= 4 is 16.8 Å². The predicted octanol–water partition coefficient (Wildman–Crippen LogP) is 1.91. The molecule has 1 aliphatic heterocycles. The molecular weight excluding hydrogens is 292 g/mol. The summed E-state index contributed by atoms with van der Waals surface area (Å²) in [5, 5.41) is 20.4. The van der Waals surface area contributed by atoms with Gasteiger partial charge in [0.2, 0.25) is 0 Å². The molecule has 2 aromatic rings. The van der Waals surface area contributed by atoms with E-state index in [4.69, 9.17) is 0 Å². The third kappa shape index (κ3) is 2.64. The lowest BCUT2D eigenvalue weighted by Gasteiger charge is -2.35. The van der Waals surface area contributed by atoms with Crippen molar-refractivity contribution in [3.63, 3.8) is 0 Å². The van der Waals surface area contributed by atoms with Crippen molar-refractivity contribution in [2.45, 2.75) is 33.3 Å². The fraction of sp³-hybridized carbons (Fsp3) is 0.500. The van der Waals surface area contributed by atoms with E-state index in [2.05, 4.69) is 17.1 Å². The van der Waals surface area contributed by atoms with Crippen LogP contribution in [0.2, 0.25) is 0 Å². The van der Waals surface area contributed by atoms with Gasteiger partial charge in [-0.25, -0.2) is 0 Å². The molecule has 1 aliphatic rings.